The van der Waals surface area contributed by atoms with E-state index in [2.05, 4.69) is 350 Å². The Morgan fingerprint density at radius 1 is 0.176 bits per heavy atom. The van der Waals surface area contributed by atoms with E-state index in [1.807, 2.05) is 12.1 Å². The molecule has 0 atom stereocenters. The Balaban J connectivity index is 0.835. The van der Waals surface area contributed by atoms with Crippen molar-refractivity contribution >= 4 is 99.2 Å². The van der Waals surface area contributed by atoms with Crippen LogP contribution in [0, 0.1) is 0 Å². The molecule has 17 aromatic rings. The molecular formula is C88H58N2O. The molecule has 1 aromatic heterocycles. The van der Waals surface area contributed by atoms with Crippen LogP contribution in [0.15, 0.2) is 356 Å². The highest BCUT2D eigenvalue weighted by atomic mass is 16.3. The monoisotopic (exact) mass is 1160 g/mol. The van der Waals surface area contributed by atoms with Crippen molar-refractivity contribution in [2.45, 2.75) is 0 Å². The second-order valence-corrected chi connectivity index (χ2v) is 23.5. The smallest absolute Gasteiger partial charge is 0.136 e. The summed E-state index contributed by atoms with van der Waals surface area (Å²) in [4.78, 5) is 4.97. The molecule has 0 aliphatic heterocycles. The molecule has 0 saturated heterocycles. The molecule has 17 rings (SSSR count). The van der Waals surface area contributed by atoms with Crippen LogP contribution in [0.5, 0.6) is 0 Å². The van der Waals surface area contributed by atoms with Crippen molar-refractivity contribution in [1.82, 2.24) is 0 Å². The van der Waals surface area contributed by atoms with Crippen LogP contribution < -0.4 is 9.80 Å². The summed E-state index contributed by atoms with van der Waals surface area (Å²) >= 11 is 0. The summed E-state index contributed by atoms with van der Waals surface area (Å²) < 4.78 is 6.34. The number of nitrogens with zero attached hydrogens (tertiary/aromatic N) is 2. The molecule has 0 unspecified atom stereocenters. The van der Waals surface area contributed by atoms with Gasteiger partial charge in [0.15, 0.2) is 0 Å². The first kappa shape index (κ1) is 53.2. The second kappa shape index (κ2) is 22.6. The van der Waals surface area contributed by atoms with Crippen LogP contribution in [0.25, 0.3) is 132 Å². The number of rotatable bonds is 12. The Bertz CT molecular complexity index is 5590. The zero-order valence-electron chi connectivity index (χ0n) is 49.8. The van der Waals surface area contributed by atoms with E-state index in [9.17, 15) is 0 Å². The van der Waals surface area contributed by atoms with Gasteiger partial charge in [-0.2, -0.15) is 0 Å². The molecule has 16 aromatic carbocycles. The van der Waals surface area contributed by atoms with E-state index in [0.29, 0.717) is 0 Å². The van der Waals surface area contributed by atoms with E-state index in [1.165, 1.54) is 60.1 Å². The minimum Gasteiger partial charge on any atom is -0.456 e. The Labute approximate surface area is 528 Å². The Morgan fingerprint density at radius 2 is 0.615 bits per heavy atom. The normalized spacial score (nSPS) is 11.5. The van der Waals surface area contributed by atoms with Gasteiger partial charge in [0.25, 0.3) is 0 Å². The molecule has 91 heavy (non-hydrogen) atoms. The van der Waals surface area contributed by atoms with Crippen LogP contribution in [0.1, 0.15) is 0 Å². The van der Waals surface area contributed by atoms with Crippen molar-refractivity contribution in [3.05, 3.63) is 352 Å². The lowest BCUT2D eigenvalue weighted by atomic mass is 9.93. The maximum absolute atomic E-state index is 6.34. The molecule has 426 valence electrons. The fourth-order valence-electron chi connectivity index (χ4n) is 13.9. The molecule has 1 heterocycles. The van der Waals surface area contributed by atoms with E-state index >= 15 is 0 Å². The zero-order chi connectivity index (χ0) is 60.2. The summed E-state index contributed by atoms with van der Waals surface area (Å²) in [5, 5.41) is 11.8. The Morgan fingerprint density at radius 3 is 1.35 bits per heavy atom. The summed E-state index contributed by atoms with van der Waals surface area (Å²) in [5.74, 6) is 0. The highest BCUT2D eigenvalue weighted by Crippen LogP contribution is 2.51. The van der Waals surface area contributed by atoms with Gasteiger partial charge in [-0.1, -0.05) is 279 Å². The number of hydrogen-bond acceptors (Lipinski definition) is 3. The highest BCUT2D eigenvalue weighted by Gasteiger charge is 2.26. The summed E-state index contributed by atoms with van der Waals surface area (Å²) in [6.45, 7) is 0. The first-order valence-corrected chi connectivity index (χ1v) is 31.2. The van der Waals surface area contributed by atoms with Gasteiger partial charge in [-0.25, -0.2) is 0 Å². The molecule has 0 saturated carbocycles. The van der Waals surface area contributed by atoms with E-state index < -0.39 is 0 Å². The predicted octanol–water partition coefficient (Wildman–Crippen LogP) is 25.1. The number of hydrogen-bond donors (Lipinski definition) is 0. The zero-order valence-corrected chi connectivity index (χ0v) is 49.8. The first-order chi connectivity index (χ1) is 45.1. The number of benzene rings is 16. The van der Waals surface area contributed by atoms with E-state index in [-0.39, 0.29) is 0 Å². The third-order valence-corrected chi connectivity index (χ3v) is 18.3. The SMILES string of the molecule is c1ccc(-c2ccc(-c3ccccc3N(c3ccccc3-c3ccccc3N(c3ccc(-c4cccc5ccccc45)cc3)c3ccc4c(ccc5cc(-c6ccc7c(c6)oc6ccccc67)ccc54)c3)c3ccc(-c4ccccc4)c4ccccc34)cc2)cc1. The van der Waals surface area contributed by atoms with Crippen LogP contribution in [0.4, 0.5) is 34.1 Å². The van der Waals surface area contributed by atoms with Gasteiger partial charge in [0.05, 0.1) is 22.7 Å². The predicted molar refractivity (Wildman–Crippen MR) is 386 cm³/mol. The lowest BCUT2D eigenvalue weighted by Gasteiger charge is -2.33. The van der Waals surface area contributed by atoms with Gasteiger partial charge in [-0.3, -0.25) is 0 Å². The Hall–Kier alpha value is -12.0. The van der Waals surface area contributed by atoms with Crippen LogP contribution in [-0.4, -0.2) is 0 Å². The lowest BCUT2D eigenvalue weighted by molar-refractivity contribution is 0.669. The van der Waals surface area contributed by atoms with Gasteiger partial charge in [-0.05, 0) is 161 Å². The van der Waals surface area contributed by atoms with Crippen LogP contribution in [-0.2, 0) is 0 Å². The largest absolute Gasteiger partial charge is 0.456 e. The van der Waals surface area contributed by atoms with E-state index in [4.69, 9.17) is 4.42 Å². The molecule has 0 radical (unpaired) electrons. The van der Waals surface area contributed by atoms with Crippen molar-refractivity contribution in [3.63, 3.8) is 0 Å². The fourth-order valence-corrected chi connectivity index (χ4v) is 13.9. The molecule has 0 bridgehead atoms. The quantitative estimate of drug-likeness (QED) is 0.114. The highest BCUT2D eigenvalue weighted by molar-refractivity contribution is 6.12. The summed E-state index contributed by atoms with van der Waals surface area (Å²) in [6, 6.07) is 128. The minimum absolute atomic E-state index is 0.897. The number of furan rings is 1. The molecule has 0 spiro atoms. The molecule has 0 aliphatic rings. The maximum Gasteiger partial charge on any atom is 0.136 e. The van der Waals surface area contributed by atoms with E-state index in [0.717, 1.165) is 106 Å². The van der Waals surface area contributed by atoms with Gasteiger partial charge >= 0.3 is 0 Å². The van der Waals surface area contributed by atoms with Crippen molar-refractivity contribution in [1.29, 1.82) is 0 Å². The minimum atomic E-state index is 0.897. The summed E-state index contributed by atoms with van der Waals surface area (Å²) in [6.07, 6.45) is 0. The number of anilines is 6. The Kier molecular flexibility index (Phi) is 13.2. The lowest BCUT2D eigenvalue weighted by Crippen LogP contribution is -2.14. The molecule has 0 aliphatic carbocycles. The molecule has 0 fully saturated rings. The van der Waals surface area contributed by atoms with Gasteiger partial charge < -0.3 is 14.2 Å². The van der Waals surface area contributed by atoms with Gasteiger partial charge in [-0.15, -0.1) is 0 Å². The van der Waals surface area contributed by atoms with Crippen molar-refractivity contribution < 1.29 is 4.42 Å². The van der Waals surface area contributed by atoms with Crippen LogP contribution in [0.2, 0.25) is 0 Å². The maximum atomic E-state index is 6.34. The third kappa shape index (κ3) is 9.56. The van der Waals surface area contributed by atoms with E-state index in [1.54, 1.807) is 0 Å². The first-order valence-electron chi connectivity index (χ1n) is 31.2. The second-order valence-electron chi connectivity index (χ2n) is 23.5. The molecule has 0 amide bonds. The molecule has 3 nitrogen and oxygen atoms in total. The van der Waals surface area contributed by atoms with Crippen molar-refractivity contribution in [3.8, 4) is 66.8 Å². The standard InChI is InChI=1S/C88H58N2O/c1-3-20-59(21-4-1)60-38-40-64(41-39-60)76-27-11-15-34-83(76)90(86-55-54-73(61-22-5-2-6-23-61)77-28-9-10-29-78(77)86)85-36-17-13-31-80(85)79-30-12-16-35-84(79)89(69-48-44-63(45-49-69)72-33-19-25-62-24-7-8-26-71(62)72)70-50-53-75-68(57-70)43-42-67-56-65(46-51-74(67)75)66-47-52-82-81-32-14-18-37-87(81)91-88(82)58-66/h1-58H. The topological polar surface area (TPSA) is 19.6 Å². The average Bonchev–Trinajstić information content (AvgIpc) is 1.80. The number of fused-ring (bicyclic) bond motifs is 8. The average molecular weight is 1160 g/mol. The molecular weight excluding hydrogens is 1100 g/mol. The van der Waals surface area contributed by atoms with Gasteiger partial charge in [0, 0.05) is 44.2 Å². The van der Waals surface area contributed by atoms with Crippen LogP contribution >= 0.6 is 0 Å². The fraction of sp³-hybridized carbons (Fsp3) is 0. The molecule has 3 heteroatoms. The van der Waals surface area contributed by atoms with Crippen LogP contribution in [0.3, 0.4) is 0 Å². The van der Waals surface area contributed by atoms with Crippen molar-refractivity contribution in [2.24, 2.45) is 0 Å². The van der Waals surface area contributed by atoms with Gasteiger partial charge in [0.1, 0.15) is 11.2 Å². The van der Waals surface area contributed by atoms with Gasteiger partial charge in [0.2, 0.25) is 0 Å². The number of para-hydroxylation sites is 4. The third-order valence-electron chi connectivity index (χ3n) is 18.3. The summed E-state index contributed by atoms with van der Waals surface area (Å²) in [7, 11) is 0. The van der Waals surface area contributed by atoms with Crippen molar-refractivity contribution in [2.75, 3.05) is 9.80 Å². The summed E-state index contributed by atoms with van der Waals surface area (Å²) in [5.41, 5.74) is 22.0. The molecule has 0 N–H and O–H groups in total.